The minimum absolute atomic E-state index is 0.159. The largest absolute Gasteiger partial charge is 0.335 e. The molecule has 3 aromatic carbocycles. The Labute approximate surface area is 257 Å². The predicted octanol–water partition coefficient (Wildman–Crippen LogP) is 6.58. The van der Waals surface area contributed by atoms with Gasteiger partial charge in [0.05, 0.1) is 5.69 Å². The molecule has 0 aliphatic heterocycles. The average Bonchev–Trinajstić information content (AvgIpc) is 3.47. The summed E-state index contributed by atoms with van der Waals surface area (Å²) >= 11 is 1.05. The van der Waals surface area contributed by atoms with Crippen LogP contribution in [0.5, 0.6) is 0 Å². The molecule has 0 saturated carbocycles. The number of carbonyl (C=O) groups is 2. The molecule has 0 fully saturated rings. The fourth-order valence-corrected chi connectivity index (χ4v) is 5.40. The van der Waals surface area contributed by atoms with Crippen LogP contribution in [0.1, 0.15) is 42.5 Å². The molecule has 44 heavy (non-hydrogen) atoms. The predicted molar refractivity (Wildman–Crippen MR) is 165 cm³/mol. The van der Waals surface area contributed by atoms with Crippen LogP contribution in [0.15, 0.2) is 91.4 Å². The van der Waals surface area contributed by atoms with Crippen molar-refractivity contribution in [1.29, 1.82) is 0 Å². The van der Waals surface area contributed by atoms with Gasteiger partial charge in [-0.3, -0.25) is 20.1 Å². The van der Waals surface area contributed by atoms with Crippen molar-refractivity contribution in [2.24, 2.45) is 0 Å². The Balaban J connectivity index is 1.28. The van der Waals surface area contributed by atoms with Gasteiger partial charge in [-0.15, -0.1) is 0 Å². The van der Waals surface area contributed by atoms with Crippen LogP contribution >= 0.6 is 11.5 Å². The van der Waals surface area contributed by atoms with E-state index in [0.29, 0.717) is 41.6 Å². The summed E-state index contributed by atoms with van der Waals surface area (Å²) in [6.07, 6.45) is 6.36. The molecule has 2 heterocycles. The molecule has 0 saturated heterocycles. The molecule has 9 nitrogen and oxygen atoms in total. The SMILES string of the molecule is CC(=O)Nc1ccc(-c2nsc(NC(=O)NC(CCC(c3ccc(F)cc3)c3ccc(F)cc3)Cc3cnccn3)n2)cc1. The zero-order valence-electron chi connectivity index (χ0n) is 23.7. The summed E-state index contributed by atoms with van der Waals surface area (Å²) in [7, 11) is 0. The van der Waals surface area contributed by atoms with Gasteiger partial charge in [-0.2, -0.15) is 9.36 Å². The van der Waals surface area contributed by atoms with Crippen molar-refractivity contribution in [3.05, 3.63) is 120 Å². The second-order valence-electron chi connectivity index (χ2n) is 10.1. The number of nitrogens with one attached hydrogen (secondary N) is 3. The van der Waals surface area contributed by atoms with Gasteiger partial charge in [0, 0.05) is 66.7 Å². The van der Waals surface area contributed by atoms with Crippen LogP contribution in [0.25, 0.3) is 11.4 Å². The number of nitrogens with zero attached hydrogens (tertiary/aromatic N) is 4. The molecule has 5 aromatic rings. The fourth-order valence-electron chi connectivity index (χ4n) is 4.81. The topological polar surface area (TPSA) is 122 Å². The number of hydrogen-bond acceptors (Lipinski definition) is 7. The first kappa shape index (κ1) is 30.4. The highest BCUT2D eigenvalue weighted by Gasteiger charge is 2.21. The van der Waals surface area contributed by atoms with Crippen LogP contribution in [-0.4, -0.2) is 37.3 Å². The van der Waals surface area contributed by atoms with Gasteiger partial charge in [0.25, 0.3) is 0 Å². The molecule has 5 rings (SSSR count). The molecule has 1 atom stereocenters. The van der Waals surface area contributed by atoms with E-state index in [2.05, 4.69) is 35.3 Å². The van der Waals surface area contributed by atoms with Gasteiger partial charge in [-0.25, -0.2) is 13.6 Å². The van der Waals surface area contributed by atoms with Gasteiger partial charge >= 0.3 is 6.03 Å². The molecule has 3 N–H and O–H groups in total. The number of hydrogen-bond donors (Lipinski definition) is 3. The number of amides is 3. The van der Waals surface area contributed by atoms with E-state index in [1.807, 2.05) is 0 Å². The molecule has 0 spiro atoms. The third-order valence-corrected chi connectivity index (χ3v) is 7.50. The molecule has 0 radical (unpaired) electrons. The molecular weight excluding hydrogens is 584 g/mol. The van der Waals surface area contributed by atoms with Gasteiger partial charge in [-0.05, 0) is 72.5 Å². The third-order valence-electron chi connectivity index (χ3n) is 6.87. The number of benzene rings is 3. The summed E-state index contributed by atoms with van der Waals surface area (Å²) in [6, 6.07) is 18.8. The summed E-state index contributed by atoms with van der Waals surface area (Å²) in [6.45, 7) is 1.44. The van der Waals surface area contributed by atoms with Crippen molar-refractivity contribution < 1.29 is 18.4 Å². The highest BCUT2D eigenvalue weighted by atomic mass is 32.1. The van der Waals surface area contributed by atoms with E-state index < -0.39 is 6.03 Å². The molecule has 1 unspecified atom stereocenters. The molecule has 0 aliphatic carbocycles. The van der Waals surface area contributed by atoms with Crippen molar-refractivity contribution in [1.82, 2.24) is 24.6 Å². The quantitative estimate of drug-likeness (QED) is 0.155. The fraction of sp³-hybridized carbons (Fsp3) is 0.188. The van der Waals surface area contributed by atoms with E-state index in [9.17, 15) is 18.4 Å². The summed E-state index contributed by atoms with van der Waals surface area (Å²) < 4.78 is 31.7. The average molecular weight is 614 g/mol. The van der Waals surface area contributed by atoms with E-state index in [0.717, 1.165) is 28.2 Å². The maximum Gasteiger partial charge on any atom is 0.321 e. The molecular formula is C32H29F2N7O2S. The van der Waals surface area contributed by atoms with Crippen molar-refractivity contribution in [2.45, 2.75) is 38.1 Å². The van der Waals surface area contributed by atoms with Crippen LogP contribution in [0.4, 0.5) is 24.4 Å². The minimum atomic E-state index is -0.456. The summed E-state index contributed by atoms with van der Waals surface area (Å²) in [5, 5.41) is 8.82. The lowest BCUT2D eigenvalue weighted by atomic mass is 9.86. The van der Waals surface area contributed by atoms with Crippen molar-refractivity contribution in [3.8, 4) is 11.4 Å². The van der Waals surface area contributed by atoms with Crippen molar-refractivity contribution in [3.63, 3.8) is 0 Å². The number of carbonyl (C=O) groups excluding carboxylic acids is 2. The maximum absolute atomic E-state index is 13.7. The Morgan fingerprint density at radius 2 is 1.50 bits per heavy atom. The van der Waals surface area contributed by atoms with Crippen LogP contribution < -0.4 is 16.0 Å². The second-order valence-corrected chi connectivity index (χ2v) is 10.9. The summed E-state index contributed by atoms with van der Waals surface area (Å²) in [5.41, 5.74) is 3.86. The lowest BCUT2D eigenvalue weighted by Crippen LogP contribution is -2.39. The van der Waals surface area contributed by atoms with Crippen LogP contribution in [0.2, 0.25) is 0 Å². The summed E-state index contributed by atoms with van der Waals surface area (Å²) in [4.78, 5) is 37.3. The van der Waals surface area contributed by atoms with E-state index in [1.54, 1.807) is 67.1 Å². The zero-order chi connectivity index (χ0) is 30.9. The first-order valence-electron chi connectivity index (χ1n) is 13.9. The van der Waals surface area contributed by atoms with Gasteiger partial charge in [0.1, 0.15) is 11.6 Å². The first-order valence-corrected chi connectivity index (χ1v) is 14.6. The highest BCUT2D eigenvalue weighted by Crippen LogP contribution is 2.31. The monoisotopic (exact) mass is 613 g/mol. The van der Waals surface area contributed by atoms with Crippen LogP contribution in [-0.2, 0) is 11.2 Å². The van der Waals surface area contributed by atoms with E-state index in [4.69, 9.17) is 0 Å². The number of halogens is 2. The number of anilines is 2. The first-order chi connectivity index (χ1) is 21.3. The smallest absolute Gasteiger partial charge is 0.321 e. The Bertz CT molecular complexity index is 1640. The molecule has 0 aliphatic rings. The van der Waals surface area contributed by atoms with E-state index >= 15 is 0 Å². The highest BCUT2D eigenvalue weighted by molar-refractivity contribution is 7.10. The standard InChI is InChI=1S/C32H29F2N7O2S/c1-20(42)37-26-12-6-23(7-13-26)30-39-32(44-41-30)40-31(43)38-27(18-28-19-35-16-17-36-28)14-15-29(21-2-8-24(33)9-3-21)22-4-10-25(34)11-5-22/h2-13,16-17,19,27,29H,14-15,18H2,1H3,(H,37,42)(H2,38,39,40,41,43). The Morgan fingerprint density at radius 1 is 0.841 bits per heavy atom. The maximum atomic E-state index is 13.7. The molecule has 0 bridgehead atoms. The van der Waals surface area contributed by atoms with Crippen LogP contribution in [0, 0.1) is 11.6 Å². The number of aromatic nitrogens is 4. The molecule has 12 heteroatoms. The van der Waals surface area contributed by atoms with Crippen molar-refractivity contribution in [2.75, 3.05) is 10.6 Å². The normalized spacial score (nSPS) is 11.6. The van der Waals surface area contributed by atoms with E-state index in [1.165, 1.54) is 31.2 Å². The Hall–Kier alpha value is -5.10. The molecule has 3 amide bonds. The summed E-state index contributed by atoms with van der Waals surface area (Å²) in [5.74, 6) is -0.564. The number of rotatable bonds is 11. The second kappa shape index (κ2) is 14.4. The third kappa shape index (κ3) is 8.48. The lowest BCUT2D eigenvalue weighted by molar-refractivity contribution is -0.114. The molecule has 224 valence electrons. The van der Waals surface area contributed by atoms with Gasteiger partial charge in [0.15, 0.2) is 5.82 Å². The Kier molecular flexibility index (Phi) is 9.92. The zero-order valence-corrected chi connectivity index (χ0v) is 24.5. The van der Waals surface area contributed by atoms with Crippen LogP contribution in [0.3, 0.4) is 0 Å². The lowest BCUT2D eigenvalue weighted by Gasteiger charge is -2.23. The molecule has 2 aromatic heterocycles. The van der Waals surface area contributed by atoms with Gasteiger partial charge in [-0.1, -0.05) is 24.3 Å². The van der Waals surface area contributed by atoms with E-state index in [-0.39, 0.29) is 29.5 Å². The van der Waals surface area contributed by atoms with Crippen molar-refractivity contribution >= 4 is 34.3 Å². The van der Waals surface area contributed by atoms with Gasteiger partial charge in [0.2, 0.25) is 11.0 Å². The minimum Gasteiger partial charge on any atom is -0.335 e. The Morgan fingerprint density at radius 3 is 2.09 bits per heavy atom. The number of urea groups is 1. The van der Waals surface area contributed by atoms with Gasteiger partial charge < -0.3 is 10.6 Å².